The zero-order valence-electron chi connectivity index (χ0n) is 10.4. The third-order valence-corrected chi connectivity index (χ3v) is 3.97. The summed E-state index contributed by atoms with van der Waals surface area (Å²) in [5.74, 6) is 1.55. The lowest BCUT2D eigenvalue weighted by atomic mass is 10.1. The van der Waals surface area contributed by atoms with Crippen molar-refractivity contribution in [1.29, 1.82) is 0 Å². The van der Waals surface area contributed by atoms with E-state index in [1.807, 2.05) is 16.9 Å². The molecule has 0 aliphatic carbocycles. The minimum Gasteiger partial charge on any atom is -0.382 e. The second-order valence-electron chi connectivity index (χ2n) is 4.63. The number of rotatable bonds is 2. The highest BCUT2D eigenvalue weighted by Gasteiger charge is 2.23. The van der Waals surface area contributed by atoms with Crippen LogP contribution < -0.4 is 10.6 Å². The molecule has 0 saturated carbocycles. The van der Waals surface area contributed by atoms with Crippen molar-refractivity contribution in [2.24, 2.45) is 0 Å². The molecular formula is C12H15BrN6. The number of nitrogen functional groups attached to an aromatic ring is 1. The molecular weight excluding hydrogens is 308 g/mol. The van der Waals surface area contributed by atoms with Gasteiger partial charge in [0.25, 0.3) is 0 Å². The number of nitrogens with two attached hydrogens (primary N) is 1. The Kier molecular flexibility index (Phi) is 3.37. The van der Waals surface area contributed by atoms with E-state index in [-0.39, 0.29) is 0 Å². The Hall–Kier alpha value is -1.63. The molecule has 2 aromatic heterocycles. The summed E-state index contributed by atoms with van der Waals surface area (Å²) in [7, 11) is 0. The minimum absolute atomic E-state index is 0.425. The van der Waals surface area contributed by atoms with Crippen molar-refractivity contribution in [1.82, 2.24) is 19.7 Å². The monoisotopic (exact) mass is 322 g/mol. The Morgan fingerprint density at radius 2 is 2.11 bits per heavy atom. The highest BCUT2D eigenvalue weighted by Crippen LogP contribution is 2.28. The van der Waals surface area contributed by atoms with Crippen molar-refractivity contribution in [3.63, 3.8) is 0 Å². The molecule has 0 aromatic carbocycles. The zero-order valence-corrected chi connectivity index (χ0v) is 12.0. The molecule has 1 fully saturated rings. The third-order valence-electron chi connectivity index (χ3n) is 3.42. The van der Waals surface area contributed by atoms with Crippen LogP contribution in [0.25, 0.3) is 0 Å². The van der Waals surface area contributed by atoms with Crippen LogP contribution in [0, 0.1) is 0 Å². The van der Waals surface area contributed by atoms with Gasteiger partial charge >= 0.3 is 0 Å². The first-order valence-corrected chi connectivity index (χ1v) is 7.04. The Bertz CT molecular complexity index is 561. The van der Waals surface area contributed by atoms with Gasteiger partial charge in [-0.3, -0.25) is 4.68 Å². The highest BCUT2D eigenvalue weighted by atomic mass is 79.9. The van der Waals surface area contributed by atoms with E-state index in [4.69, 9.17) is 5.73 Å². The molecule has 0 atom stereocenters. The van der Waals surface area contributed by atoms with Crippen molar-refractivity contribution in [3.05, 3.63) is 29.3 Å². The van der Waals surface area contributed by atoms with Gasteiger partial charge < -0.3 is 10.6 Å². The molecule has 1 aliphatic heterocycles. The van der Waals surface area contributed by atoms with Crippen molar-refractivity contribution in [3.8, 4) is 0 Å². The van der Waals surface area contributed by atoms with E-state index in [1.165, 1.54) is 0 Å². The van der Waals surface area contributed by atoms with Crippen molar-refractivity contribution < 1.29 is 0 Å². The Balaban J connectivity index is 1.68. The maximum absolute atomic E-state index is 5.66. The molecule has 2 aromatic rings. The second kappa shape index (κ2) is 5.16. The van der Waals surface area contributed by atoms with E-state index >= 15 is 0 Å². The van der Waals surface area contributed by atoms with Crippen LogP contribution >= 0.6 is 15.9 Å². The smallest absolute Gasteiger partial charge is 0.146 e. The van der Waals surface area contributed by atoms with Gasteiger partial charge in [-0.05, 0) is 34.8 Å². The van der Waals surface area contributed by atoms with Crippen LogP contribution in [0.2, 0.25) is 0 Å². The van der Waals surface area contributed by atoms with Crippen LogP contribution in [0.15, 0.2) is 29.3 Å². The quantitative estimate of drug-likeness (QED) is 0.913. The molecule has 2 N–H and O–H groups in total. The molecule has 6 nitrogen and oxygen atoms in total. The maximum atomic E-state index is 5.66. The van der Waals surface area contributed by atoms with Gasteiger partial charge in [0.05, 0.1) is 10.5 Å². The van der Waals surface area contributed by atoms with Gasteiger partial charge in [-0.25, -0.2) is 9.97 Å². The SMILES string of the molecule is Nc1ccn(C2CCN(c3ncncc3Br)CC2)n1. The van der Waals surface area contributed by atoms with E-state index in [0.717, 1.165) is 36.2 Å². The summed E-state index contributed by atoms with van der Waals surface area (Å²) >= 11 is 3.49. The standard InChI is InChI=1S/C12H15BrN6/c13-10-7-15-8-16-12(10)18-4-1-9(2-5-18)19-6-3-11(14)17-19/h3,6-9H,1-2,4-5H2,(H2,14,17). The van der Waals surface area contributed by atoms with Crippen LogP contribution in [0.4, 0.5) is 11.6 Å². The lowest BCUT2D eigenvalue weighted by Crippen LogP contribution is -2.35. The normalized spacial score (nSPS) is 16.8. The number of nitrogens with zero attached hydrogens (tertiary/aromatic N) is 5. The number of anilines is 2. The number of halogens is 1. The van der Waals surface area contributed by atoms with Crippen LogP contribution in [-0.4, -0.2) is 32.8 Å². The summed E-state index contributed by atoms with van der Waals surface area (Å²) < 4.78 is 2.92. The molecule has 3 heterocycles. The summed E-state index contributed by atoms with van der Waals surface area (Å²) in [6.07, 6.45) is 7.40. The van der Waals surface area contributed by atoms with E-state index in [0.29, 0.717) is 11.9 Å². The van der Waals surface area contributed by atoms with Crippen LogP contribution in [0.3, 0.4) is 0 Å². The summed E-state index contributed by atoms with van der Waals surface area (Å²) in [6, 6.07) is 2.27. The molecule has 0 unspecified atom stereocenters. The van der Waals surface area contributed by atoms with Gasteiger partial charge in [0, 0.05) is 25.5 Å². The van der Waals surface area contributed by atoms with Gasteiger partial charge in [-0.15, -0.1) is 0 Å². The number of hydrogen-bond acceptors (Lipinski definition) is 5. The molecule has 3 rings (SSSR count). The zero-order chi connectivity index (χ0) is 13.2. The Labute approximate surface area is 119 Å². The van der Waals surface area contributed by atoms with E-state index in [1.54, 1.807) is 12.5 Å². The number of piperidine rings is 1. The molecule has 0 bridgehead atoms. The molecule has 19 heavy (non-hydrogen) atoms. The van der Waals surface area contributed by atoms with Crippen LogP contribution in [0.5, 0.6) is 0 Å². The molecule has 7 heteroatoms. The van der Waals surface area contributed by atoms with Gasteiger partial charge in [0.1, 0.15) is 18.0 Å². The van der Waals surface area contributed by atoms with Crippen molar-refractivity contribution in [2.45, 2.75) is 18.9 Å². The van der Waals surface area contributed by atoms with E-state index in [2.05, 4.69) is 35.9 Å². The minimum atomic E-state index is 0.425. The van der Waals surface area contributed by atoms with Gasteiger partial charge in [0.15, 0.2) is 0 Å². The first kappa shape index (κ1) is 12.4. The highest BCUT2D eigenvalue weighted by molar-refractivity contribution is 9.10. The average molecular weight is 323 g/mol. The van der Waals surface area contributed by atoms with E-state index < -0.39 is 0 Å². The largest absolute Gasteiger partial charge is 0.382 e. The molecule has 0 spiro atoms. The summed E-state index contributed by atoms with van der Waals surface area (Å²) in [6.45, 7) is 1.92. The molecule has 100 valence electrons. The maximum Gasteiger partial charge on any atom is 0.146 e. The van der Waals surface area contributed by atoms with Crippen molar-refractivity contribution in [2.75, 3.05) is 23.7 Å². The Morgan fingerprint density at radius 3 is 2.74 bits per heavy atom. The second-order valence-corrected chi connectivity index (χ2v) is 5.49. The summed E-state index contributed by atoms with van der Waals surface area (Å²) in [5.41, 5.74) is 5.66. The summed E-state index contributed by atoms with van der Waals surface area (Å²) in [5, 5.41) is 4.29. The molecule has 1 saturated heterocycles. The number of aromatic nitrogens is 4. The lowest BCUT2D eigenvalue weighted by molar-refractivity contribution is 0.366. The van der Waals surface area contributed by atoms with Crippen LogP contribution in [0.1, 0.15) is 18.9 Å². The van der Waals surface area contributed by atoms with Crippen LogP contribution in [-0.2, 0) is 0 Å². The first-order valence-electron chi connectivity index (χ1n) is 6.25. The van der Waals surface area contributed by atoms with Crippen molar-refractivity contribution >= 4 is 27.6 Å². The third kappa shape index (κ3) is 2.56. The molecule has 0 radical (unpaired) electrons. The predicted octanol–water partition coefficient (Wildman–Crippen LogP) is 1.86. The molecule has 0 amide bonds. The predicted molar refractivity (Wildman–Crippen MR) is 76.9 cm³/mol. The fraction of sp³-hybridized carbons (Fsp3) is 0.417. The average Bonchev–Trinajstić information content (AvgIpc) is 2.86. The fourth-order valence-electron chi connectivity index (χ4n) is 2.44. The fourth-order valence-corrected chi connectivity index (χ4v) is 2.91. The van der Waals surface area contributed by atoms with Gasteiger partial charge in [-0.1, -0.05) is 0 Å². The topological polar surface area (TPSA) is 72.9 Å². The lowest BCUT2D eigenvalue weighted by Gasteiger charge is -2.33. The van der Waals surface area contributed by atoms with Gasteiger partial charge in [0.2, 0.25) is 0 Å². The summed E-state index contributed by atoms with van der Waals surface area (Å²) in [4.78, 5) is 10.6. The molecule has 1 aliphatic rings. The number of hydrogen-bond donors (Lipinski definition) is 1. The van der Waals surface area contributed by atoms with Gasteiger partial charge in [-0.2, -0.15) is 5.10 Å². The Morgan fingerprint density at radius 1 is 1.32 bits per heavy atom. The first-order chi connectivity index (χ1) is 9.24. The van der Waals surface area contributed by atoms with E-state index in [9.17, 15) is 0 Å².